The quantitative estimate of drug-likeness (QED) is 0.149. The number of nitriles is 1. The smallest absolute Gasteiger partial charge is 0.220 e. The van der Waals surface area contributed by atoms with Gasteiger partial charge in [-0.25, -0.2) is 0 Å². The van der Waals surface area contributed by atoms with Crippen LogP contribution in [-0.2, 0) is 6.61 Å². The molecule has 0 bridgehead atoms. The lowest BCUT2D eigenvalue weighted by Gasteiger charge is -2.16. The lowest BCUT2D eigenvalue weighted by Crippen LogP contribution is -2.11. The van der Waals surface area contributed by atoms with Gasteiger partial charge in [0.15, 0.2) is 5.16 Å². The highest BCUT2D eigenvalue weighted by Crippen LogP contribution is 2.38. The second-order valence-corrected chi connectivity index (χ2v) is 9.65. The molecule has 3 aromatic carbocycles. The van der Waals surface area contributed by atoms with E-state index in [1.807, 2.05) is 54.8 Å². The van der Waals surface area contributed by atoms with Gasteiger partial charge in [0.05, 0.1) is 16.7 Å². The summed E-state index contributed by atoms with van der Waals surface area (Å²) in [7, 11) is 0. The second-order valence-electron chi connectivity index (χ2n) is 8.07. The zero-order chi connectivity index (χ0) is 25.7. The van der Waals surface area contributed by atoms with Gasteiger partial charge in [-0.1, -0.05) is 59.8 Å². The first-order valence-corrected chi connectivity index (χ1v) is 12.3. The molecule has 10 heteroatoms. The van der Waals surface area contributed by atoms with Crippen molar-refractivity contribution in [1.29, 1.82) is 5.26 Å². The molecule has 0 amide bonds. The standard InChI is InChI=1S/C26H22ClN5O3S/c1-17-6-5-9-22(12-17)32-18(2)29-30-26(32)36-25(15-31(33)34)19-10-11-24(23(27)13-19)35-16-21-8-4-3-7-20(21)14-28/h3-13,25H,15-16H2,1-2H3/t25-/m0/s1. The Balaban J connectivity index is 1.59. The summed E-state index contributed by atoms with van der Waals surface area (Å²) in [4.78, 5) is 11.2. The number of nitro groups is 1. The maximum absolute atomic E-state index is 11.5. The second kappa shape index (κ2) is 11.2. The Labute approximate surface area is 217 Å². The Bertz CT molecular complexity index is 1450. The molecular weight excluding hydrogens is 498 g/mol. The lowest BCUT2D eigenvalue weighted by atomic mass is 10.1. The molecule has 36 heavy (non-hydrogen) atoms. The summed E-state index contributed by atoms with van der Waals surface area (Å²) < 4.78 is 7.73. The predicted molar refractivity (Wildman–Crippen MR) is 138 cm³/mol. The molecule has 0 saturated heterocycles. The van der Waals surface area contributed by atoms with Gasteiger partial charge in [-0.3, -0.25) is 14.7 Å². The molecule has 0 N–H and O–H groups in total. The average Bonchev–Trinajstić information content (AvgIpc) is 3.22. The molecule has 182 valence electrons. The SMILES string of the molecule is Cc1cccc(-n2c(C)nnc2S[C@@H](C[N+](=O)[O-])c2ccc(OCc3ccccc3C#N)c(Cl)c2)c1. The molecule has 1 heterocycles. The van der Waals surface area contributed by atoms with Gasteiger partial charge < -0.3 is 4.74 Å². The highest BCUT2D eigenvalue weighted by molar-refractivity contribution is 7.99. The van der Waals surface area contributed by atoms with Crippen LogP contribution in [0.25, 0.3) is 5.69 Å². The molecule has 0 aliphatic carbocycles. The first-order valence-electron chi connectivity index (χ1n) is 11.0. The van der Waals surface area contributed by atoms with Crippen LogP contribution in [0.4, 0.5) is 0 Å². The molecule has 0 saturated carbocycles. The van der Waals surface area contributed by atoms with E-state index < -0.39 is 5.25 Å². The third kappa shape index (κ3) is 5.85. The Hall–Kier alpha value is -3.87. The van der Waals surface area contributed by atoms with E-state index in [2.05, 4.69) is 16.3 Å². The van der Waals surface area contributed by atoms with Crippen LogP contribution < -0.4 is 4.74 Å². The van der Waals surface area contributed by atoms with E-state index >= 15 is 0 Å². The van der Waals surface area contributed by atoms with Crippen molar-refractivity contribution in [3.8, 4) is 17.5 Å². The van der Waals surface area contributed by atoms with Crippen LogP contribution in [0.2, 0.25) is 5.02 Å². The van der Waals surface area contributed by atoms with E-state index in [0.717, 1.165) is 16.8 Å². The van der Waals surface area contributed by atoms with Crippen LogP contribution >= 0.6 is 23.4 Å². The Morgan fingerprint density at radius 2 is 1.94 bits per heavy atom. The summed E-state index contributed by atoms with van der Waals surface area (Å²) >= 11 is 7.76. The molecule has 0 aliphatic rings. The zero-order valence-corrected chi connectivity index (χ0v) is 21.2. The van der Waals surface area contributed by atoms with E-state index in [1.54, 1.807) is 30.3 Å². The zero-order valence-electron chi connectivity index (χ0n) is 19.6. The molecule has 1 atom stereocenters. The fourth-order valence-electron chi connectivity index (χ4n) is 3.70. The monoisotopic (exact) mass is 519 g/mol. The Kier molecular flexibility index (Phi) is 7.88. The van der Waals surface area contributed by atoms with Crippen molar-refractivity contribution in [1.82, 2.24) is 14.8 Å². The summed E-state index contributed by atoms with van der Waals surface area (Å²) in [5.41, 5.74) is 3.91. The van der Waals surface area contributed by atoms with Gasteiger partial charge in [-0.15, -0.1) is 10.2 Å². The lowest BCUT2D eigenvalue weighted by molar-refractivity contribution is -0.479. The topological polar surface area (TPSA) is 107 Å². The number of rotatable bonds is 9. The summed E-state index contributed by atoms with van der Waals surface area (Å²) in [5, 5.41) is 29.6. The molecule has 4 rings (SSSR count). The highest BCUT2D eigenvalue weighted by atomic mass is 35.5. The van der Waals surface area contributed by atoms with Crippen molar-refractivity contribution in [2.75, 3.05) is 6.54 Å². The largest absolute Gasteiger partial charge is 0.487 e. The van der Waals surface area contributed by atoms with Gasteiger partial charge in [0.1, 0.15) is 23.4 Å². The molecule has 0 fully saturated rings. The molecule has 1 aromatic heterocycles. The minimum absolute atomic E-state index is 0.175. The highest BCUT2D eigenvalue weighted by Gasteiger charge is 2.24. The van der Waals surface area contributed by atoms with E-state index in [9.17, 15) is 15.4 Å². The number of ether oxygens (including phenoxy) is 1. The third-order valence-electron chi connectivity index (χ3n) is 5.47. The predicted octanol–water partition coefficient (Wildman–Crippen LogP) is 6.10. The van der Waals surface area contributed by atoms with Crippen molar-refractivity contribution in [2.24, 2.45) is 0 Å². The Morgan fingerprint density at radius 1 is 1.14 bits per heavy atom. The van der Waals surface area contributed by atoms with Crippen molar-refractivity contribution in [2.45, 2.75) is 30.9 Å². The van der Waals surface area contributed by atoms with E-state index in [-0.39, 0.29) is 18.1 Å². The number of benzene rings is 3. The molecular formula is C26H22ClN5O3S. The molecule has 0 radical (unpaired) electrons. The van der Waals surface area contributed by atoms with Gasteiger partial charge in [-0.05, 0) is 55.3 Å². The Morgan fingerprint density at radius 3 is 2.67 bits per heavy atom. The minimum Gasteiger partial charge on any atom is -0.487 e. The number of nitrogens with zero attached hydrogens (tertiary/aromatic N) is 5. The maximum Gasteiger partial charge on any atom is 0.220 e. The van der Waals surface area contributed by atoms with E-state index in [4.69, 9.17) is 16.3 Å². The van der Waals surface area contributed by atoms with Gasteiger partial charge >= 0.3 is 0 Å². The van der Waals surface area contributed by atoms with Crippen molar-refractivity contribution < 1.29 is 9.66 Å². The van der Waals surface area contributed by atoms with Crippen molar-refractivity contribution in [3.63, 3.8) is 0 Å². The minimum atomic E-state index is -0.557. The van der Waals surface area contributed by atoms with Gasteiger partial charge in [-0.2, -0.15) is 5.26 Å². The summed E-state index contributed by atoms with van der Waals surface area (Å²) in [6.45, 7) is 3.69. The average molecular weight is 520 g/mol. The summed E-state index contributed by atoms with van der Waals surface area (Å²) in [5.74, 6) is 1.11. The van der Waals surface area contributed by atoms with Crippen molar-refractivity contribution >= 4 is 23.4 Å². The van der Waals surface area contributed by atoms with Gasteiger partial charge in [0, 0.05) is 16.2 Å². The van der Waals surface area contributed by atoms with Crippen LogP contribution in [0.1, 0.15) is 33.3 Å². The first-order chi connectivity index (χ1) is 17.4. The van der Waals surface area contributed by atoms with Gasteiger partial charge in [0.25, 0.3) is 0 Å². The number of aryl methyl sites for hydroxylation is 2. The fraction of sp³-hybridized carbons (Fsp3) is 0.192. The van der Waals surface area contributed by atoms with Crippen LogP contribution in [0, 0.1) is 35.3 Å². The maximum atomic E-state index is 11.5. The normalized spacial score (nSPS) is 11.6. The molecule has 8 nitrogen and oxygen atoms in total. The molecule has 0 spiro atoms. The van der Waals surface area contributed by atoms with Crippen LogP contribution in [0.5, 0.6) is 5.75 Å². The number of hydrogen-bond acceptors (Lipinski definition) is 7. The van der Waals surface area contributed by atoms with Crippen molar-refractivity contribution in [3.05, 3.63) is 110 Å². The summed E-state index contributed by atoms with van der Waals surface area (Å²) in [6.07, 6.45) is 0. The number of thioether (sulfide) groups is 1. The molecule has 0 unspecified atom stereocenters. The van der Waals surface area contributed by atoms with Crippen LogP contribution in [0.15, 0.2) is 71.9 Å². The van der Waals surface area contributed by atoms with E-state index in [0.29, 0.717) is 32.9 Å². The first kappa shape index (κ1) is 25.2. The molecule has 0 aliphatic heterocycles. The number of halogens is 1. The van der Waals surface area contributed by atoms with Crippen LogP contribution in [0.3, 0.4) is 0 Å². The summed E-state index contributed by atoms with van der Waals surface area (Å²) in [6, 6.07) is 22.3. The number of aromatic nitrogens is 3. The van der Waals surface area contributed by atoms with Crippen LogP contribution in [-0.4, -0.2) is 26.2 Å². The fourth-order valence-corrected chi connectivity index (χ4v) is 5.11. The van der Waals surface area contributed by atoms with Gasteiger partial charge in [0.2, 0.25) is 6.54 Å². The number of hydrogen-bond donors (Lipinski definition) is 0. The van der Waals surface area contributed by atoms with E-state index in [1.165, 1.54) is 11.8 Å². The molecule has 4 aromatic rings. The third-order valence-corrected chi connectivity index (χ3v) is 6.94.